The van der Waals surface area contributed by atoms with Gasteiger partial charge in [-0.1, -0.05) is 29.3 Å². The van der Waals surface area contributed by atoms with Crippen molar-refractivity contribution < 1.29 is 4.79 Å². The minimum atomic E-state index is -0.0708. The van der Waals surface area contributed by atoms with Gasteiger partial charge in [-0.25, -0.2) is 4.98 Å². The first kappa shape index (κ1) is 16.1. The number of pyridine rings is 1. The number of carbonyl (C=O) groups is 1. The van der Waals surface area contributed by atoms with E-state index in [2.05, 4.69) is 4.98 Å². The third-order valence-electron chi connectivity index (χ3n) is 2.95. The summed E-state index contributed by atoms with van der Waals surface area (Å²) >= 11 is 13.3. The molecule has 21 heavy (non-hydrogen) atoms. The number of halogens is 2. The normalized spacial score (nSPS) is 10.5. The molecule has 2 aromatic rings. The van der Waals surface area contributed by atoms with E-state index in [-0.39, 0.29) is 5.91 Å². The summed E-state index contributed by atoms with van der Waals surface area (Å²) in [5, 5.41) is 1.72. The predicted octanol–water partition coefficient (Wildman–Crippen LogP) is 4.38. The summed E-state index contributed by atoms with van der Waals surface area (Å²) in [7, 11) is 1.75. The van der Waals surface area contributed by atoms with Crippen LogP contribution in [0.5, 0.6) is 0 Å². The van der Waals surface area contributed by atoms with Crippen molar-refractivity contribution in [2.24, 2.45) is 0 Å². The molecule has 0 unspecified atom stereocenters. The van der Waals surface area contributed by atoms with Crippen LogP contribution < -0.4 is 0 Å². The Bertz CT molecular complexity index is 664. The third kappa shape index (κ3) is 3.90. The standard InChI is InChI=1S/C15H14Cl2N2OS/c1-19(9-10-5-6-12(16)13(17)8-10)15(20)11-4-3-7-18-14(11)21-2/h3-8H,9H2,1-2H3. The molecule has 0 aliphatic rings. The molecule has 110 valence electrons. The average molecular weight is 341 g/mol. The van der Waals surface area contributed by atoms with E-state index in [4.69, 9.17) is 23.2 Å². The zero-order valence-electron chi connectivity index (χ0n) is 11.6. The maximum absolute atomic E-state index is 12.5. The van der Waals surface area contributed by atoms with Crippen LogP contribution in [-0.2, 0) is 6.54 Å². The van der Waals surface area contributed by atoms with Gasteiger partial charge in [-0.15, -0.1) is 11.8 Å². The Morgan fingerprint density at radius 2 is 2.05 bits per heavy atom. The molecule has 1 aromatic carbocycles. The fourth-order valence-corrected chi connectivity index (χ4v) is 2.77. The van der Waals surface area contributed by atoms with Crippen molar-refractivity contribution in [1.29, 1.82) is 0 Å². The van der Waals surface area contributed by atoms with Crippen molar-refractivity contribution in [1.82, 2.24) is 9.88 Å². The smallest absolute Gasteiger partial charge is 0.256 e. The Morgan fingerprint density at radius 3 is 2.71 bits per heavy atom. The quantitative estimate of drug-likeness (QED) is 0.774. The summed E-state index contributed by atoms with van der Waals surface area (Å²) in [5.41, 5.74) is 1.53. The Kier molecular flexibility index (Phi) is 5.51. The van der Waals surface area contributed by atoms with Crippen molar-refractivity contribution >= 4 is 40.9 Å². The number of amides is 1. The van der Waals surface area contributed by atoms with E-state index in [1.165, 1.54) is 11.8 Å². The number of carbonyl (C=O) groups excluding carboxylic acids is 1. The second-order valence-corrected chi connectivity index (χ2v) is 6.08. The topological polar surface area (TPSA) is 33.2 Å². The van der Waals surface area contributed by atoms with E-state index in [0.29, 0.717) is 22.2 Å². The van der Waals surface area contributed by atoms with Gasteiger partial charge in [-0.05, 0) is 36.1 Å². The van der Waals surface area contributed by atoms with Gasteiger partial charge in [-0.3, -0.25) is 4.79 Å². The minimum absolute atomic E-state index is 0.0708. The summed E-state index contributed by atoms with van der Waals surface area (Å²) in [6.45, 7) is 0.457. The van der Waals surface area contributed by atoms with Crippen molar-refractivity contribution in [3.05, 3.63) is 57.7 Å². The zero-order chi connectivity index (χ0) is 15.4. The Morgan fingerprint density at radius 1 is 1.29 bits per heavy atom. The van der Waals surface area contributed by atoms with Gasteiger partial charge in [0.2, 0.25) is 0 Å². The molecule has 0 spiro atoms. The maximum Gasteiger partial charge on any atom is 0.256 e. The molecule has 0 bridgehead atoms. The molecule has 3 nitrogen and oxygen atoms in total. The number of nitrogens with zero attached hydrogens (tertiary/aromatic N) is 2. The van der Waals surface area contributed by atoms with Gasteiger partial charge in [-0.2, -0.15) is 0 Å². The van der Waals surface area contributed by atoms with Gasteiger partial charge >= 0.3 is 0 Å². The van der Waals surface area contributed by atoms with Gasteiger partial charge in [0.1, 0.15) is 5.03 Å². The highest BCUT2D eigenvalue weighted by molar-refractivity contribution is 7.98. The van der Waals surface area contributed by atoms with E-state index in [9.17, 15) is 4.79 Å². The number of rotatable bonds is 4. The lowest BCUT2D eigenvalue weighted by Gasteiger charge is -2.18. The molecular weight excluding hydrogens is 327 g/mol. The van der Waals surface area contributed by atoms with Crippen LogP contribution in [-0.4, -0.2) is 29.1 Å². The Hall–Kier alpha value is -1.23. The highest BCUT2D eigenvalue weighted by Gasteiger charge is 2.16. The fourth-order valence-electron chi connectivity index (χ4n) is 1.91. The average Bonchev–Trinajstić information content (AvgIpc) is 2.50. The minimum Gasteiger partial charge on any atom is -0.337 e. The van der Waals surface area contributed by atoms with Crippen molar-refractivity contribution in [2.45, 2.75) is 11.6 Å². The number of thioether (sulfide) groups is 1. The summed E-state index contributed by atoms with van der Waals surface area (Å²) < 4.78 is 0. The second kappa shape index (κ2) is 7.16. The van der Waals surface area contributed by atoms with E-state index >= 15 is 0 Å². The molecule has 0 saturated carbocycles. The molecule has 0 atom stereocenters. The molecule has 0 fully saturated rings. The van der Waals surface area contributed by atoms with Crippen LogP contribution in [0.4, 0.5) is 0 Å². The third-order valence-corrected chi connectivity index (χ3v) is 4.40. The first-order valence-corrected chi connectivity index (χ1v) is 8.19. The van der Waals surface area contributed by atoms with Crippen LogP contribution in [0.2, 0.25) is 10.0 Å². The molecule has 1 amide bonds. The summed E-state index contributed by atoms with van der Waals surface area (Å²) in [4.78, 5) is 18.3. The van der Waals surface area contributed by atoms with Crippen LogP contribution in [0.3, 0.4) is 0 Å². The lowest BCUT2D eigenvalue weighted by atomic mass is 10.2. The lowest BCUT2D eigenvalue weighted by molar-refractivity contribution is 0.0781. The lowest BCUT2D eigenvalue weighted by Crippen LogP contribution is -2.26. The van der Waals surface area contributed by atoms with Crippen LogP contribution in [0, 0.1) is 0 Å². The summed E-state index contributed by atoms with van der Waals surface area (Å²) in [6.07, 6.45) is 3.58. The van der Waals surface area contributed by atoms with E-state index < -0.39 is 0 Å². The number of aromatic nitrogens is 1. The Balaban J connectivity index is 2.17. The second-order valence-electron chi connectivity index (χ2n) is 4.47. The summed E-state index contributed by atoms with van der Waals surface area (Å²) in [5.74, 6) is -0.0708. The van der Waals surface area contributed by atoms with Gasteiger partial charge in [0.05, 0.1) is 15.6 Å². The molecule has 0 aliphatic heterocycles. The SMILES string of the molecule is CSc1ncccc1C(=O)N(C)Cc1ccc(Cl)c(Cl)c1. The zero-order valence-corrected chi connectivity index (χ0v) is 14.0. The highest BCUT2D eigenvalue weighted by Crippen LogP contribution is 2.24. The van der Waals surface area contributed by atoms with Gasteiger partial charge in [0.15, 0.2) is 0 Å². The van der Waals surface area contributed by atoms with E-state index in [1.807, 2.05) is 12.3 Å². The molecule has 6 heteroatoms. The number of benzene rings is 1. The maximum atomic E-state index is 12.5. The van der Waals surface area contributed by atoms with Gasteiger partial charge in [0.25, 0.3) is 5.91 Å². The van der Waals surface area contributed by atoms with Crippen molar-refractivity contribution in [3.63, 3.8) is 0 Å². The molecular formula is C15H14Cl2N2OS. The van der Waals surface area contributed by atoms with E-state index in [1.54, 1.807) is 42.4 Å². The fraction of sp³-hybridized carbons (Fsp3) is 0.200. The largest absolute Gasteiger partial charge is 0.337 e. The highest BCUT2D eigenvalue weighted by atomic mass is 35.5. The molecule has 1 aromatic heterocycles. The number of hydrogen-bond acceptors (Lipinski definition) is 3. The van der Waals surface area contributed by atoms with Crippen molar-refractivity contribution in [3.8, 4) is 0 Å². The summed E-state index contributed by atoms with van der Waals surface area (Å²) in [6, 6.07) is 8.91. The van der Waals surface area contributed by atoms with Crippen molar-refractivity contribution in [2.75, 3.05) is 13.3 Å². The van der Waals surface area contributed by atoms with Gasteiger partial charge < -0.3 is 4.90 Å². The Labute approximate surface area is 138 Å². The molecule has 0 N–H and O–H groups in total. The van der Waals surface area contributed by atoms with Crippen LogP contribution in [0.25, 0.3) is 0 Å². The van der Waals surface area contributed by atoms with Crippen LogP contribution in [0.1, 0.15) is 15.9 Å². The van der Waals surface area contributed by atoms with Crippen LogP contribution >= 0.6 is 35.0 Å². The molecule has 0 aliphatic carbocycles. The monoisotopic (exact) mass is 340 g/mol. The predicted molar refractivity (Wildman–Crippen MR) is 88.3 cm³/mol. The molecule has 1 heterocycles. The first-order valence-electron chi connectivity index (χ1n) is 6.21. The molecule has 0 radical (unpaired) electrons. The van der Waals surface area contributed by atoms with Gasteiger partial charge in [0, 0.05) is 19.8 Å². The molecule has 0 saturated heterocycles. The van der Waals surface area contributed by atoms with E-state index in [0.717, 1.165) is 10.6 Å². The first-order chi connectivity index (χ1) is 10.0. The molecule has 2 rings (SSSR count). The van der Waals surface area contributed by atoms with Crippen LogP contribution in [0.15, 0.2) is 41.6 Å². The number of hydrogen-bond donors (Lipinski definition) is 0.